The van der Waals surface area contributed by atoms with E-state index in [-0.39, 0.29) is 17.5 Å². The van der Waals surface area contributed by atoms with Crippen molar-refractivity contribution < 1.29 is 19.4 Å². The zero-order chi connectivity index (χ0) is 20.5. The third-order valence-corrected chi connectivity index (χ3v) is 5.87. The summed E-state index contributed by atoms with van der Waals surface area (Å²) >= 11 is 0. The number of rotatable bonds is 3. The van der Waals surface area contributed by atoms with Gasteiger partial charge in [0.2, 0.25) is 0 Å². The average Bonchev–Trinajstić information content (AvgIpc) is 2.73. The Bertz CT molecular complexity index is 1000. The predicted octanol–water partition coefficient (Wildman–Crippen LogP) is 4.14. The van der Waals surface area contributed by atoms with Gasteiger partial charge in [0.25, 0.3) is 0 Å². The number of hydrogen-bond acceptors (Lipinski definition) is 5. The minimum absolute atomic E-state index is 0.0170. The summed E-state index contributed by atoms with van der Waals surface area (Å²) in [7, 11) is 1.35. The minimum Gasteiger partial charge on any atom is -0.508 e. The molecule has 3 atom stereocenters. The molecule has 0 radical (unpaired) electrons. The van der Waals surface area contributed by atoms with E-state index >= 15 is 0 Å². The third kappa shape index (κ3) is 3.48. The first-order valence-corrected chi connectivity index (χ1v) is 9.72. The van der Waals surface area contributed by atoms with Gasteiger partial charge >= 0.3 is 5.97 Å². The van der Waals surface area contributed by atoms with Gasteiger partial charge in [-0.05, 0) is 42.5 Å². The van der Waals surface area contributed by atoms with Crippen molar-refractivity contribution in [3.63, 3.8) is 0 Å². The first-order valence-electron chi connectivity index (χ1n) is 9.72. The number of nitrogens with zero attached hydrogens (tertiary/aromatic N) is 1. The molecule has 0 fully saturated rings. The van der Waals surface area contributed by atoms with E-state index in [1.807, 2.05) is 37.3 Å². The van der Waals surface area contributed by atoms with Gasteiger partial charge < -0.3 is 9.84 Å². The molecule has 1 unspecified atom stereocenters. The topological polar surface area (TPSA) is 76.0 Å². The smallest absolute Gasteiger partial charge is 0.315 e. The molecule has 2 aliphatic rings. The van der Waals surface area contributed by atoms with Gasteiger partial charge in [0, 0.05) is 29.3 Å². The molecule has 0 saturated carbocycles. The van der Waals surface area contributed by atoms with Crippen molar-refractivity contribution in [3.05, 3.63) is 77.0 Å². The highest BCUT2D eigenvalue weighted by atomic mass is 16.5. The average molecular weight is 389 g/mol. The number of Topliss-reactive ketones (excluding diaryl/α,β-unsaturated/α-hetero) is 1. The van der Waals surface area contributed by atoms with Crippen LogP contribution < -0.4 is 0 Å². The molecule has 4 rings (SSSR count). The van der Waals surface area contributed by atoms with E-state index in [0.29, 0.717) is 24.1 Å². The number of phenolic OH excluding ortho intramolecular Hbond substituents is 1. The molecule has 5 heteroatoms. The van der Waals surface area contributed by atoms with E-state index in [9.17, 15) is 14.7 Å². The normalized spacial score (nSPS) is 24.0. The van der Waals surface area contributed by atoms with Gasteiger partial charge in [0.15, 0.2) is 5.78 Å². The number of phenols is 1. The van der Waals surface area contributed by atoms with E-state index in [4.69, 9.17) is 9.73 Å². The number of hydrogen-bond donors (Lipinski definition) is 1. The highest BCUT2D eigenvalue weighted by Gasteiger charge is 2.44. The third-order valence-electron chi connectivity index (χ3n) is 5.87. The molecule has 0 aromatic heterocycles. The number of methoxy groups -OCH3 is 1. The fourth-order valence-corrected chi connectivity index (χ4v) is 4.49. The standard InChI is InChI=1S/C24H23NO4/c1-14-21(24(28)29-2)22(16-8-10-18(26)11-9-16)23-19(25-14)12-17(13-20(23)27)15-6-4-3-5-7-15/h3-11,17,21-22,26H,12-13H2,1-2H3/t17-,21?,22+/m0/s1. The van der Waals surface area contributed by atoms with Crippen LogP contribution in [0.25, 0.3) is 0 Å². The SMILES string of the molecule is COC(=O)C1C(C)=NC2=C(C(=O)C[C@@H](c3ccccc3)C2)[C@@H]1c1ccc(O)cc1. The van der Waals surface area contributed by atoms with Crippen LogP contribution in [-0.2, 0) is 14.3 Å². The molecule has 2 aromatic carbocycles. The summed E-state index contributed by atoms with van der Waals surface area (Å²) < 4.78 is 5.04. The maximum absolute atomic E-state index is 13.3. The van der Waals surface area contributed by atoms with Crippen LogP contribution in [0, 0.1) is 5.92 Å². The van der Waals surface area contributed by atoms with Crippen LogP contribution in [0.4, 0.5) is 0 Å². The number of allylic oxidation sites excluding steroid dienone is 2. The van der Waals surface area contributed by atoms with Crippen LogP contribution in [0.15, 0.2) is 70.9 Å². The lowest BCUT2D eigenvalue weighted by molar-refractivity contribution is -0.143. The Morgan fingerprint density at radius 1 is 1.03 bits per heavy atom. The molecular formula is C24H23NO4. The number of aromatic hydroxyl groups is 1. The van der Waals surface area contributed by atoms with Gasteiger partial charge in [-0.1, -0.05) is 42.5 Å². The fourth-order valence-electron chi connectivity index (χ4n) is 4.49. The molecule has 148 valence electrons. The van der Waals surface area contributed by atoms with Crippen LogP contribution in [0.2, 0.25) is 0 Å². The molecule has 0 saturated heterocycles. The lowest BCUT2D eigenvalue weighted by atomic mass is 9.69. The zero-order valence-electron chi connectivity index (χ0n) is 16.5. The number of esters is 1. The van der Waals surface area contributed by atoms with E-state index in [1.165, 1.54) is 7.11 Å². The summed E-state index contributed by atoms with van der Waals surface area (Å²) in [5.74, 6) is -1.29. The predicted molar refractivity (Wildman–Crippen MR) is 110 cm³/mol. The van der Waals surface area contributed by atoms with Crippen molar-refractivity contribution in [2.24, 2.45) is 10.9 Å². The van der Waals surface area contributed by atoms with Gasteiger partial charge in [-0.15, -0.1) is 0 Å². The summed E-state index contributed by atoms with van der Waals surface area (Å²) in [6.07, 6.45) is 1.05. The van der Waals surface area contributed by atoms with E-state index in [0.717, 1.165) is 16.8 Å². The number of aliphatic imine (C=N–C) groups is 1. The largest absolute Gasteiger partial charge is 0.508 e. The molecular weight excluding hydrogens is 366 g/mol. The van der Waals surface area contributed by atoms with Crippen molar-refractivity contribution in [3.8, 4) is 5.75 Å². The maximum atomic E-state index is 13.3. The summed E-state index contributed by atoms with van der Waals surface area (Å²) in [5, 5.41) is 9.68. The van der Waals surface area contributed by atoms with Gasteiger partial charge in [-0.2, -0.15) is 0 Å². The molecule has 1 aliphatic heterocycles. The number of ether oxygens (including phenoxy) is 1. The van der Waals surface area contributed by atoms with Gasteiger partial charge in [-0.3, -0.25) is 14.6 Å². The molecule has 0 amide bonds. The molecule has 5 nitrogen and oxygen atoms in total. The highest BCUT2D eigenvalue weighted by molar-refractivity contribution is 6.09. The van der Waals surface area contributed by atoms with Crippen molar-refractivity contribution in [1.29, 1.82) is 0 Å². The van der Waals surface area contributed by atoms with E-state index in [2.05, 4.69) is 0 Å². The second-order valence-corrected chi connectivity index (χ2v) is 7.62. The van der Waals surface area contributed by atoms with Gasteiger partial charge in [0.05, 0.1) is 7.11 Å². The zero-order valence-corrected chi connectivity index (χ0v) is 16.5. The van der Waals surface area contributed by atoms with Crippen molar-refractivity contribution in [2.45, 2.75) is 31.6 Å². The summed E-state index contributed by atoms with van der Waals surface area (Å²) in [6, 6.07) is 16.7. The Balaban J connectivity index is 1.81. The fraction of sp³-hybridized carbons (Fsp3) is 0.292. The summed E-state index contributed by atoms with van der Waals surface area (Å²) in [6.45, 7) is 1.81. The van der Waals surface area contributed by atoms with Crippen LogP contribution >= 0.6 is 0 Å². The molecule has 1 N–H and O–H groups in total. The van der Waals surface area contributed by atoms with Crippen molar-refractivity contribution in [1.82, 2.24) is 0 Å². The second kappa shape index (κ2) is 7.66. The number of carbonyl (C=O) groups is 2. The number of benzene rings is 2. The highest BCUT2D eigenvalue weighted by Crippen LogP contribution is 2.46. The Hall–Kier alpha value is -3.21. The van der Waals surface area contributed by atoms with E-state index < -0.39 is 17.8 Å². The van der Waals surface area contributed by atoms with Crippen LogP contribution in [-0.4, -0.2) is 29.7 Å². The minimum atomic E-state index is -0.652. The van der Waals surface area contributed by atoms with E-state index in [1.54, 1.807) is 24.3 Å². The van der Waals surface area contributed by atoms with Gasteiger partial charge in [-0.25, -0.2) is 0 Å². The first-order chi connectivity index (χ1) is 14.0. The number of carbonyl (C=O) groups excluding carboxylic acids is 2. The maximum Gasteiger partial charge on any atom is 0.315 e. The Labute approximate surface area is 169 Å². The summed E-state index contributed by atoms with van der Waals surface area (Å²) in [4.78, 5) is 30.6. The molecule has 1 aliphatic carbocycles. The van der Waals surface area contributed by atoms with Crippen LogP contribution in [0.3, 0.4) is 0 Å². The van der Waals surface area contributed by atoms with Crippen molar-refractivity contribution in [2.75, 3.05) is 7.11 Å². The number of ketones is 1. The molecule has 0 bridgehead atoms. The van der Waals surface area contributed by atoms with Crippen LogP contribution in [0.5, 0.6) is 5.75 Å². The second-order valence-electron chi connectivity index (χ2n) is 7.62. The Morgan fingerprint density at radius 3 is 2.38 bits per heavy atom. The molecule has 29 heavy (non-hydrogen) atoms. The van der Waals surface area contributed by atoms with Crippen LogP contribution in [0.1, 0.15) is 42.7 Å². The van der Waals surface area contributed by atoms with Gasteiger partial charge in [0.1, 0.15) is 11.7 Å². The summed E-state index contributed by atoms with van der Waals surface area (Å²) in [5.41, 5.74) is 3.92. The lowest BCUT2D eigenvalue weighted by Gasteiger charge is -2.36. The lowest BCUT2D eigenvalue weighted by Crippen LogP contribution is -2.37. The Kier molecular flexibility index (Phi) is 5.05. The monoisotopic (exact) mass is 389 g/mol. The quantitative estimate of drug-likeness (QED) is 0.801. The molecule has 1 heterocycles. The Morgan fingerprint density at radius 2 is 1.72 bits per heavy atom. The molecule has 2 aromatic rings. The molecule has 0 spiro atoms. The van der Waals surface area contributed by atoms with Crippen molar-refractivity contribution >= 4 is 17.5 Å². The first kappa shape index (κ1) is 19.1.